The Balaban J connectivity index is 2.02. The number of rotatable bonds is 5. The van der Waals surface area contributed by atoms with Crippen molar-refractivity contribution in [2.45, 2.75) is 33.2 Å². The van der Waals surface area contributed by atoms with E-state index in [1.807, 2.05) is 68.8 Å². The van der Waals surface area contributed by atoms with Gasteiger partial charge in [0.15, 0.2) is 0 Å². The predicted molar refractivity (Wildman–Crippen MR) is 94.1 cm³/mol. The number of hydrogen-bond acceptors (Lipinski definition) is 3. The summed E-state index contributed by atoms with van der Waals surface area (Å²) in [5, 5.41) is 7.49. The number of nitrogens with one attached hydrogen (secondary N) is 1. The second-order valence-electron chi connectivity index (χ2n) is 6.29. The second-order valence-corrected chi connectivity index (χ2v) is 6.29. The van der Waals surface area contributed by atoms with E-state index in [4.69, 9.17) is 0 Å². The largest absolute Gasteiger partial charge is 0.378 e. The number of aromatic nitrogens is 2. The molecule has 0 fully saturated rings. The van der Waals surface area contributed by atoms with Crippen LogP contribution < -0.4 is 10.2 Å². The van der Waals surface area contributed by atoms with Crippen molar-refractivity contribution in [1.29, 1.82) is 0 Å². The van der Waals surface area contributed by atoms with E-state index in [2.05, 4.69) is 17.3 Å². The molecule has 5 heteroatoms. The number of amides is 1. The molecule has 0 saturated heterocycles. The Morgan fingerprint density at radius 2 is 1.87 bits per heavy atom. The summed E-state index contributed by atoms with van der Waals surface area (Å²) in [5.74, 6) is -0.0398. The minimum Gasteiger partial charge on any atom is -0.378 e. The Kier molecular flexibility index (Phi) is 5.08. The lowest BCUT2D eigenvalue weighted by Crippen LogP contribution is -2.34. The average molecular weight is 314 g/mol. The van der Waals surface area contributed by atoms with Gasteiger partial charge in [-0.05, 0) is 57.0 Å². The molecule has 124 valence electrons. The molecular formula is C18H26N4O. The van der Waals surface area contributed by atoms with Crippen LogP contribution in [0.15, 0.2) is 24.3 Å². The topological polar surface area (TPSA) is 50.2 Å². The molecule has 0 spiro atoms. The Hall–Kier alpha value is -2.30. The van der Waals surface area contributed by atoms with Gasteiger partial charge in [0.25, 0.3) is 5.91 Å². The maximum absolute atomic E-state index is 12.4. The summed E-state index contributed by atoms with van der Waals surface area (Å²) in [7, 11) is 5.91. The van der Waals surface area contributed by atoms with Crippen molar-refractivity contribution in [1.82, 2.24) is 15.1 Å². The highest BCUT2D eigenvalue weighted by molar-refractivity contribution is 5.94. The van der Waals surface area contributed by atoms with Gasteiger partial charge in [0.05, 0.1) is 5.69 Å². The maximum Gasteiger partial charge on any atom is 0.251 e. The van der Waals surface area contributed by atoms with Crippen LogP contribution in [0.2, 0.25) is 0 Å². The quantitative estimate of drug-likeness (QED) is 0.922. The number of aryl methyl sites for hydroxylation is 2. The van der Waals surface area contributed by atoms with Crippen LogP contribution in [0.5, 0.6) is 0 Å². The minimum absolute atomic E-state index is 0.0398. The van der Waals surface area contributed by atoms with Crippen molar-refractivity contribution in [3.63, 3.8) is 0 Å². The van der Waals surface area contributed by atoms with E-state index in [1.54, 1.807) is 0 Å². The molecule has 1 aromatic heterocycles. The molecule has 2 rings (SSSR count). The fourth-order valence-corrected chi connectivity index (χ4v) is 2.69. The SMILES string of the molecule is Cc1nn(C)c(C)c1C[C@H](C)NC(=O)c1ccc(N(C)C)cc1. The van der Waals surface area contributed by atoms with Gasteiger partial charge in [-0.1, -0.05) is 0 Å². The van der Waals surface area contributed by atoms with Crippen molar-refractivity contribution in [3.8, 4) is 0 Å². The van der Waals surface area contributed by atoms with Gasteiger partial charge in [-0.2, -0.15) is 5.10 Å². The Bertz CT molecular complexity index is 686. The summed E-state index contributed by atoms with van der Waals surface area (Å²) in [4.78, 5) is 14.4. The first-order valence-corrected chi connectivity index (χ1v) is 7.87. The van der Waals surface area contributed by atoms with Crippen molar-refractivity contribution < 1.29 is 4.79 Å². The number of nitrogens with zero attached hydrogens (tertiary/aromatic N) is 3. The first-order chi connectivity index (χ1) is 10.8. The van der Waals surface area contributed by atoms with Crippen molar-refractivity contribution in [3.05, 3.63) is 46.8 Å². The molecule has 0 saturated carbocycles. The molecule has 0 aliphatic rings. The van der Waals surface area contributed by atoms with E-state index in [0.29, 0.717) is 5.56 Å². The molecule has 1 N–H and O–H groups in total. The predicted octanol–water partition coefficient (Wildman–Crippen LogP) is 2.46. The van der Waals surface area contributed by atoms with Crippen molar-refractivity contribution in [2.24, 2.45) is 7.05 Å². The second kappa shape index (κ2) is 6.86. The highest BCUT2D eigenvalue weighted by Crippen LogP contribution is 2.15. The fourth-order valence-electron chi connectivity index (χ4n) is 2.69. The van der Waals surface area contributed by atoms with Crippen LogP contribution >= 0.6 is 0 Å². The van der Waals surface area contributed by atoms with E-state index in [9.17, 15) is 4.79 Å². The van der Waals surface area contributed by atoms with Gasteiger partial charge < -0.3 is 10.2 Å². The zero-order chi connectivity index (χ0) is 17.1. The van der Waals surface area contributed by atoms with E-state index >= 15 is 0 Å². The van der Waals surface area contributed by atoms with Gasteiger partial charge in [0.2, 0.25) is 0 Å². The van der Waals surface area contributed by atoms with Crippen LogP contribution in [0.25, 0.3) is 0 Å². The molecule has 1 amide bonds. The van der Waals surface area contributed by atoms with Crippen LogP contribution in [0.3, 0.4) is 0 Å². The van der Waals surface area contributed by atoms with E-state index in [-0.39, 0.29) is 11.9 Å². The van der Waals surface area contributed by atoms with Gasteiger partial charge in [0.1, 0.15) is 0 Å². The monoisotopic (exact) mass is 314 g/mol. The maximum atomic E-state index is 12.4. The summed E-state index contributed by atoms with van der Waals surface area (Å²) in [6.07, 6.45) is 0.785. The van der Waals surface area contributed by atoms with Crippen molar-refractivity contribution in [2.75, 3.05) is 19.0 Å². The van der Waals surface area contributed by atoms with Crippen LogP contribution in [-0.4, -0.2) is 35.8 Å². The molecule has 0 aliphatic carbocycles. The van der Waals surface area contributed by atoms with Gasteiger partial charge in [-0.25, -0.2) is 0 Å². The van der Waals surface area contributed by atoms with Crippen molar-refractivity contribution >= 4 is 11.6 Å². The van der Waals surface area contributed by atoms with Gasteiger partial charge in [-0.3, -0.25) is 9.48 Å². The Morgan fingerprint density at radius 1 is 1.26 bits per heavy atom. The highest BCUT2D eigenvalue weighted by Gasteiger charge is 2.15. The summed E-state index contributed by atoms with van der Waals surface area (Å²) in [6.45, 7) is 6.10. The summed E-state index contributed by atoms with van der Waals surface area (Å²) >= 11 is 0. The molecule has 0 unspecified atom stereocenters. The van der Waals surface area contributed by atoms with Crippen LogP contribution in [-0.2, 0) is 13.5 Å². The molecule has 0 aliphatic heterocycles. The molecule has 1 heterocycles. The third-order valence-corrected chi connectivity index (χ3v) is 4.19. The number of carbonyl (C=O) groups excluding carboxylic acids is 1. The zero-order valence-corrected chi connectivity index (χ0v) is 14.8. The van der Waals surface area contributed by atoms with Crippen LogP contribution in [0.1, 0.15) is 34.2 Å². The standard InChI is InChI=1S/C18H26N4O/c1-12(11-17-13(2)20-22(6)14(17)3)19-18(23)15-7-9-16(10-8-15)21(4)5/h7-10,12H,11H2,1-6H3,(H,19,23)/t12-/m0/s1. The van der Waals surface area contributed by atoms with Gasteiger partial charge in [0, 0.05) is 44.1 Å². The lowest BCUT2D eigenvalue weighted by Gasteiger charge is -2.16. The summed E-state index contributed by atoms with van der Waals surface area (Å²) < 4.78 is 1.89. The van der Waals surface area contributed by atoms with E-state index < -0.39 is 0 Å². The molecule has 5 nitrogen and oxygen atoms in total. The number of hydrogen-bond donors (Lipinski definition) is 1. The first kappa shape index (κ1) is 17.1. The fraction of sp³-hybridized carbons (Fsp3) is 0.444. The summed E-state index contributed by atoms with van der Waals surface area (Å²) in [5.41, 5.74) is 5.15. The molecular weight excluding hydrogens is 288 g/mol. The highest BCUT2D eigenvalue weighted by atomic mass is 16.1. The van der Waals surface area contributed by atoms with Crippen LogP contribution in [0, 0.1) is 13.8 Å². The molecule has 2 aromatic rings. The van der Waals surface area contributed by atoms with E-state index in [1.165, 1.54) is 5.56 Å². The summed E-state index contributed by atoms with van der Waals surface area (Å²) in [6, 6.07) is 7.68. The lowest BCUT2D eigenvalue weighted by molar-refractivity contribution is 0.0940. The number of anilines is 1. The molecule has 1 aromatic carbocycles. The third-order valence-electron chi connectivity index (χ3n) is 4.19. The third kappa shape index (κ3) is 3.92. The molecule has 0 radical (unpaired) electrons. The lowest BCUT2D eigenvalue weighted by atomic mass is 10.0. The van der Waals surface area contributed by atoms with Crippen LogP contribution in [0.4, 0.5) is 5.69 Å². The zero-order valence-electron chi connectivity index (χ0n) is 14.8. The Labute approximate surface area is 138 Å². The number of carbonyl (C=O) groups is 1. The molecule has 23 heavy (non-hydrogen) atoms. The first-order valence-electron chi connectivity index (χ1n) is 7.87. The average Bonchev–Trinajstić information content (AvgIpc) is 2.73. The minimum atomic E-state index is -0.0398. The molecule has 1 atom stereocenters. The molecule has 0 bridgehead atoms. The van der Waals surface area contributed by atoms with Gasteiger partial charge >= 0.3 is 0 Å². The van der Waals surface area contributed by atoms with E-state index in [0.717, 1.165) is 23.5 Å². The Morgan fingerprint density at radius 3 is 2.35 bits per heavy atom. The normalized spacial score (nSPS) is 12.1. The smallest absolute Gasteiger partial charge is 0.251 e. The van der Waals surface area contributed by atoms with Gasteiger partial charge in [-0.15, -0.1) is 0 Å². The number of benzene rings is 1.